The Morgan fingerprint density at radius 1 is 0.938 bits per heavy atom. The molecule has 3 aliphatic rings. The van der Waals surface area contributed by atoms with E-state index in [0.717, 1.165) is 23.7 Å². The van der Waals surface area contributed by atoms with Crippen molar-refractivity contribution in [3.8, 4) is 11.5 Å². The van der Waals surface area contributed by atoms with Crippen LogP contribution in [0, 0.1) is 0 Å². The van der Waals surface area contributed by atoms with E-state index in [4.69, 9.17) is 14.2 Å². The van der Waals surface area contributed by atoms with Crippen molar-refractivity contribution in [3.05, 3.63) is 59.2 Å². The van der Waals surface area contributed by atoms with Gasteiger partial charge in [0.2, 0.25) is 6.79 Å². The Labute approximate surface area is 184 Å². The summed E-state index contributed by atoms with van der Waals surface area (Å²) in [5, 5.41) is 2.25. The molecule has 3 heterocycles. The van der Waals surface area contributed by atoms with Crippen LogP contribution in [-0.2, 0) is 20.9 Å². The highest BCUT2D eigenvalue weighted by Gasteiger charge is 2.36. The number of nitrogens with zero attached hydrogens (tertiary/aromatic N) is 2. The molecule has 5 rings (SSSR count). The van der Waals surface area contributed by atoms with E-state index in [-0.39, 0.29) is 18.9 Å². The first-order valence-corrected chi connectivity index (χ1v) is 10.3. The molecule has 3 aliphatic heterocycles. The van der Waals surface area contributed by atoms with Crippen LogP contribution in [0.4, 0.5) is 10.5 Å². The SMILES string of the molecule is O=C1NC(=O)N(Cc2ccc3c(c2)OCO3)C(=O)C1=Cc1ccc(N2CCOCC2)cc1. The van der Waals surface area contributed by atoms with Crippen LogP contribution in [0.25, 0.3) is 6.08 Å². The van der Waals surface area contributed by atoms with E-state index in [1.807, 2.05) is 24.3 Å². The first kappa shape index (κ1) is 20.1. The molecule has 2 aromatic rings. The summed E-state index contributed by atoms with van der Waals surface area (Å²) in [5.41, 5.74) is 2.33. The van der Waals surface area contributed by atoms with E-state index in [0.29, 0.717) is 35.8 Å². The molecular formula is C23H21N3O6. The molecule has 1 N–H and O–H groups in total. The number of fused-ring (bicyclic) bond motifs is 1. The standard InChI is InChI=1S/C23H21N3O6/c27-21-18(11-15-1-4-17(5-2-15)25-7-9-30-10-8-25)22(28)26(23(29)24-21)13-16-3-6-19-20(12-16)32-14-31-19/h1-6,11-12H,7-10,13-14H2,(H,24,27,29). The second-order valence-corrected chi connectivity index (χ2v) is 7.59. The summed E-state index contributed by atoms with van der Waals surface area (Å²) in [5.74, 6) is -0.188. The predicted octanol–water partition coefficient (Wildman–Crippen LogP) is 1.91. The summed E-state index contributed by atoms with van der Waals surface area (Å²) >= 11 is 0. The lowest BCUT2D eigenvalue weighted by molar-refractivity contribution is -0.130. The van der Waals surface area contributed by atoms with Crippen LogP contribution in [0.2, 0.25) is 0 Å². The van der Waals surface area contributed by atoms with Gasteiger partial charge in [-0.15, -0.1) is 0 Å². The first-order chi connectivity index (χ1) is 15.6. The Hall–Kier alpha value is -3.85. The van der Waals surface area contributed by atoms with Crippen LogP contribution in [0.1, 0.15) is 11.1 Å². The molecular weight excluding hydrogens is 414 g/mol. The number of amides is 4. The Morgan fingerprint density at radius 3 is 2.47 bits per heavy atom. The summed E-state index contributed by atoms with van der Waals surface area (Å²) in [6.45, 7) is 3.15. The first-order valence-electron chi connectivity index (χ1n) is 10.3. The van der Waals surface area contributed by atoms with Gasteiger partial charge >= 0.3 is 6.03 Å². The Morgan fingerprint density at radius 2 is 1.69 bits per heavy atom. The zero-order chi connectivity index (χ0) is 22.1. The Bertz CT molecular complexity index is 1110. The lowest BCUT2D eigenvalue weighted by Crippen LogP contribution is -2.53. The number of carbonyl (C=O) groups excluding carboxylic acids is 3. The van der Waals surface area contributed by atoms with Gasteiger partial charge in [-0.3, -0.25) is 19.8 Å². The van der Waals surface area contributed by atoms with Crippen molar-refractivity contribution in [2.45, 2.75) is 6.54 Å². The van der Waals surface area contributed by atoms with Gasteiger partial charge in [-0.2, -0.15) is 0 Å². The fourth-order valence-corrected chi connectivity index (χ4v) is 3.83. The number of urea groups is 1. The maximum absolute atomic E-state index is 13.0. The molecule has 0 radical (unpaired) electrons. The molecule has 164 valence electrons. The van der Waals surface area contributed by atoms with Crippen LogP contribution in [0.15, 0.2) is 48.0 Å². The number of rotatable bonds is 4. The lowest BCUT2D eigenvalue weighted by atomic mass is 10.1. The number of hydrogen-bond acceptors (Lipinski definition) is 7. The van der Waals surface area contributed by atoms with Gasteiger partial charge in [-0.25, -0.2) is 4.79 Å². The van der Waals surface area contributed by atoms with Crippen LogP contribution >= 0.6 is 0 Å². The highest BCUT2D eigenvalue weighted by atomic mass is 16.7. The van der Waals surface area contributed by atoms with Gasteiger partial charge in [0.15, 0.2) is 11.5 Å². The lowest BCUT2D eigenvalue weighted by Gasteiger charge is -2.29. The summed E-state index contributed by atoms with van der Waals surface area (Å²) in [6.07, 6.45) is 1.50. The Balaban J connectivity index is 1.35. The molecule has 9 nitrogen and oxygen atoms in total. The fourth-order valence-electron chi connectivity index (χ4n) is 3.83. The maximum atomic E-state index is 13.0. The summed E-state index contributed by atoms with van der Waals surface area (Å²) in [6, 6.07) is 12.0. The predicted molar refractivity (Wildman–Crippen MR) is 114 cm³/mol. The van der Waals surface area contributed by atoms with Crippen molar-refractivity contribution in [3.63, 3.8) is 0 Å². The van der Waals surface area contributed by atoms with E-state index in [2.05, 4.69) is 10.2 Å². The molecule has 0 atom stereocenters. The molecule has 2 fully saturated rings. The highest BCUT2D eigenvalue weighted by molar-refractivity contribution is 6.30. The number of carbonyl (C=O) groups is 3. The average molecular weight is 435 g/mol. The molecule has 2 aromatic carbocycles. The normalized spacial score (nSPS) is 19.5. The third kappa shape index (κ3) is 3.90. The number of hydrogen-bond donors (Lipinski definition) is 1. The van der Waals surface area contributed by atoms with E-state index in [1.54, 1.807) is 18.2 Å². The number of nitrogens with one attached hydrogen (secondary N) is 1. The minimum Gasteiger partial charge on any atom is -0.454 e. The third-order valence-corrected chi connectivity index (χ3v) is 5.54. The molecule has 0 spiro atoms. The van der Waals surface area contributed by atoms with Gasteiger partial charge in [0.25, 0.3) is 11.8 Å². The number of barbiturate groups is 1. The van der Waals surface area contributed by atoms with E-state index in [1.165, 1.54) is 6.08 Å². The Kier molecular flexibility index (Phi) is 5.24. The number of anilines is 1. The topological polar surface area (TPSA) is 97.4 Å². The van der Waals surface area contributed by atoms with Crippen molar-refractivity contribution in [2.75, 3.05) is 38.0 Å². The van der Waals surface area contributed by atoms with Crippen LogP contribution < -0.4 is 19.7 Å². The average Bonchev–Trinajstić information content (AvgIpc) is 3.28. The van der Waals surface area contributed by atoms with Crippen LogP contribution in [0.5, 0.6) is 11.5 Å². The fraction of sp³-hybridized carbons (Fsp3) is 0.261. The maximum Gasteiger partial charge on any atom is 0.331 e. The minimum absolute atomic E-state index is 0.00188. The summed E-state index contributed by atoms with van der Waals surface area (Å²) < 4.78 is 16.0. The minimum atomic E-state index is -0.752. The van der Waals surface area contributed by atoms with Gasteiger partial charge in [-0.1, -0.05) is 18.2 Å². The van der Waals surface area contributed by atoms with Gasteiger partial charge in [0.05, 0.1) is 19.8 Å². The molecule has 4 amide bonds. The van der Waals surface area contributed by atoms with Crippen molar-refractivity contribution in [2.24, 2.45) is 0 Å². The molecule has 0 bridgehead atoms. The molecule has 9 heteroatoms. The monoisotopic (exact) mass is 435 g/mol. The van der Waals surface area contributed by atoms with Crippen molar-refractivity contribution >= 4 is 29.6 Å². The molecule has 0 unspecified atom stereocenters. The largest absolute Gasteiger partial charge is 0.454 e. The zero-order valence-corrected chi connectivity index (χ0v) is 17.2. The van der Waals surface area contributed by atoms with Crippen molar-refractivity contribution in [1.82, 2.24) is 10.2 Å². The molecule has 0 aliphatic carbocycles. The van der Waals surface area contributed by atoms with Crippen LogP contribution in [-0.4, -0.2) is 55.8 Å². The van der Waals surface area contributed by atoms with E-state index < -0.39 is 17.8 Å². The number of benzene rings is 2. The number of ether oxygens (including phenoxy) is 3. The van der Waals surface area contributed by atoms with Gasteiger partial charge in [0, 0.05) is 18.8 Å². The summed E-state index contributed by atoms with van der Waals surface area (Å²) in [7, 11) is 0. The number of imide groups is 2. The molecule has 0 saturated carbocycles. The summed E-state index contributed by atoms with van der Waals surface area (Å²) in [4.78, 5) is 40.9. The van der Waals surface area contributed by atoms with Gasteiger partial charge < -0.3 is 19.1 Å². The quantitative estimate of drug-likeness (QED) is 0.579. The van der Waals surface area contributed by atoms with Crippen LogP contribution in [0.3, 0.4) is 0 Å². The molecule has 32 heavy (non-hydrogen) atoms. The third-order valence-electron chi connectivity index (χ3n) is 5.54. The van der Waals surface area contributed by atoms with Crippen molar-refractivity contribution < 1.29 is 28.6 Å². The second-order valence-electron chi connectivity index (χ2n) is 7.59. The number of morpholine rings is 1. The van der Waals surface area contributed by atoms with Crippen molar-refractivity contribution in [1.29, 1.82) is 0 Å². The van der Waals surface area contributed by atoms with Gasteiger partial charge in [0.1, 0.15) is 5.57 Å². The smallest absolute Gasteiger partial charge is 0.331 e. The van der Waals surface area contributed by atoms with Gasteiger partial charge in [-0.05, 0) is 41.5 Å². The van der Waals surface area contributed by atoms with E-state index in [9.17, 15) is 14.4 Å². The molecule has 0 aromatic heterocycles. The highest BCUT2D eigenvalue weighted by Crippen LogP contribution is 2.33. The molecule has 2 saturated heterocycles. The van der Waals surface area contributed by atoms with E-state index >= 15 is 0 Å². The second kappa shape index (κ2) is 8.35. The zero-order valence-electron chi connectivity index (χ0n) is 17.2.